The van der Waals surface area contributed by atoms with Gasteiger partial charge in [0.15, 0.2) is 0 Å². The van der Waals surface area contributed by atoms with Crippen molar-refractivity contribution in [1.82, 2.24) is 4.90 Å². The number of amides is 2. The van der Waals surface area contributed by atoms with Crippen LogP contribution in [0.1, 0.15) is 23.3 Å². The molecule has 0 bridgehead atoms. The van der Waals surface area contributed by atoms with Crippen LogP contribution >= 0.6 is 11.3 Å². The minimum Gasteiger partial charge on any atom is -0.496 e. The molecule has 1 saturated heterocycles. The van der Waals surface area contributed by atoms with Crippen molar-refractivity contribution in [1.29, 1.82) is 0 Å². The fourth-order valence-electron chi connectivity index (χ4n) is 3.94. The van der Waals surface area contributed by atoms with Crippen LogP contribution in [0.2, 0.25) is 0 Å². The summed E-state index contributed by atoms with van der Waals surface area (Å²) in [6.07, 6.45) is 1.45. The highest BCUT2D eigenvalue weighted by Gasteiger charge is 2.22. The number of anilines is 2. The molecular weight excluding hydrogens is 422 g/mol. The van der Waals surface area contributed by atoms with Gasteiger partial charge in [-0.3, -0.25) is 14.5 Å². The normalized spacial score (nSPS) is 13.6. The first kappa shape index (κ1) is 22.0. The van der Waals surface area contributed by atoms with Gasteiger partial charge >= 0.3 is 0 Å². The zero-order valence-electron chi connectivity index (χ0n) is 18.1. The Morgan fingerprint density at radius 3 is 2.75 bits per heavy atom. The van der Waals surface area contributed by atoms with Crippen molar-refractivity contribution in [3.63, 3.8) is 0 Å². The average molecular weight is 450 g/mol. The van der Waals surface area contributed by atoms with Crippen LogP contribution in [-0.4, -0.2) is 36.9 Å². The number of ether oxygens (including phenoxy) is 1. The van der Waals surface area contributed by atoms with E-state index in [1.807, 2.05) is 60.0 Å². The van der Waals surface area contributed by atoms with Crippen molar-refractivity contribution in [2.75, 3.05) is 30.4 Å². The molecular formula is C25H27N3O3S. The van der Waals surface area contributed by atoms with Gasteiger partial charge in [0.1, 0.15) is 5.75 Å². The molecule has 0 spiro atoms. The van der Waals surface area contributed by atoms with Crippen molar-refractivity contribution in [2.45, 2.75) is 25.9 Å². The van der Waals surface area contributed by atoms with Crippen LogP contribution in [0.3, 0.4) is 0 Å². The Hall–Kier alpha value is -3.16. The summed E-state index contributed by atoms with van der Waals surface area (Å²) >= 11 is 1.68. The molecule has 0 saturated carbocycles. The molecule has 0 aliphatic carbocycles. The molecule has 2 heterocycles. The predicted molar refractivity (Wildman–Crippen MR) is 128 cm³/mol. The standard InChI is InChI=1S/C25H27N3O3S/c1-31-23-11-3-2-7-19(23)16-27(17-22-10-6-14-32-22)18-24(29)26-20-8-4-9-21(15-20)28-13-5-12-25(28)30/h2-4,6-11,14-15H,5,12-13,16-18H2,1H3,(H,26,29). The topological polar surface area (TPSA) is 61.9 Å². The van der Waals surface area contributed by atoms with E-state index in [1.165, 1.54) is 4.88 Å². The molecule has 166 valence electrons. The van der Waals surface area contributed by atoms with E-state index in [2.05, 4.69) is 16.3 Å². The lowest BCUT2D eigenvalue weighted by atomic mass is 10.2. The number of thiophene rings is 1. The molecule has 1 fully saturated rings. The van der Waals surface area contributed by atoms with Gasteiger partial charge in [0.05, 0.1) is 13.7 Å². The number of carbonyl (C=O) groups excluding carboxylic acids is 2. The van der Waals surface area contributed by atoms with E-state index in [4.69, 9.17) is 4.74 Å². The maximum absolute atomic E-state index is 12.9. The number of methoxy groups -OCH3 is 1. The van der Waals surface area contributed by atoms with Crippen molar-refractivity contribution in [3.05, 3.63) is 76.5 Å². The van der Waals surface area contributed by atoms with E-state index < -0.39 is 0 Å². The number of nitrogens with one attached hydrogen (secondary N) is 1. The Bertz CT molecular complexity index is 1070. The van der Waals surface area contributed by atoms with Crippen LogP contribution in [0.15, 0.2) is 66.0 Å². The van der Waals surface area contributed by atoms with Crippen LogP contribution < -0.4 is 15.0 Å². The first-order chi connectivity index (χ1) is 15.6. The molecule has 6 nitrogen and oxygen atoms in total. The monoisotopic (exact) mass is 449 g/mol. The quantitative estimate of drug-likeness (QED) is 0.522. The molecule has 32 heavy (non-hydrogen) atoms. The van der Waals surface area contributed by atoms with Crippen LogP contribution in [0, 0.1) is 0 Å². The van der Waals surface area contributed by atoms with Gasteiger partial charge in [0.25, 0.3) is 0 Å². The second-order valence-electron chi connectivity index (χ2n) is 7.78. The predicted octanol–water partition coefficient (Wildman–Crippen LogP) is 4.52. The highest BCUT2D eigenvalue weighted by atomic mass is 32.1. The SMILES string of the molecule is COc1ccccc1CN(CC(=O)Nc1cccc(N2CCCC2=O)c1)Cc1cccs1. The van der Waals surface area contributed by atoms with Gasteiger partial charge < -0.3 is 15.0 Å². The minimum atomic E-state index is -0.0960. The summed E-state index contributed by atoms with van der Waals surface area (Å²) in [4.78, 5) is 30.1. The third kappa shape index (κ3) is 5.55. The fourth-order valence-corrected chi connectivity index (χ4v) is 4.69. The molecule has 1 N–H and O–H groups in total. The number of hydrogen-bond acceptors (Lipinski definition) is 5. The first-order valence-electron chi connectivity index (χ1n) is 10.7. The summed E-state index contributed by atoms with van der Waals surface area (Å²) in [5.74, 6) is 0.848. The molecule has 1 aliphatic heterocycles. The number of benzene rings is 2. The minimum absolute atomic E-state index is 0.0960. The molecule has 3 aromatic rings. The zero-order valence-corrected chi connectivity index (χ0v) is 18.9. The Morgan fingerprint density at radius 1 is 1.12 bits per heavy atom. The maximum atomic E-state index is 12.9. The second-order valence-corrected chi connectivity index (χ2v) is 8.82. The highest BCUT2D eigenvalue weighted by molar-refractivity contribution is 7.09. The summed E-state index contributed by atoms with van der Waals surface area (Å²) in [7, 11) is 1.66. The van der Waals surface area contributed by atoms with E-state index in [0.29, 0.717) is 25.2 Å². The largest absolute Gasteiger partial charge is 0.496 e. The second kappa shape index (κ2) is 10.4. The zero-order chi connectivity index (χ0) is 22.3. The number of para-hydroxylation sites is 1. The summed E-state index contributed by atoms with van der Waals surface area (Å²) in [5.41, 5.74) is 2.56. The summed E-state index contributed by atoms with van der Waals surface area (Å²) in [5, 5.41) is 5.04. The Kier molecular flexibility index (Phi) is 7.19. The molecule has 1 aromatic heterocycles. The summed E-state index contributed by atoms with van der Waals surface area (Å²) < 4.78 is 5.50. The van der Waals surface area contributed by atoms with Crippen molar-refractivity contribution in [3.8, 4) is 5.75 Å². The lowest BCUT2D eigenvalue weighted by Gasteiger charge is -2.23. The number of carbonyl (C=O) groups is 2. The van der Waals surface area contributed by atoms with Crippen LogP contribution in [0.5, 0.6) is 5.75 Å². The summed E-state index contributed by atoms with van der Waals surface area (Å²) in [6, 6.07) is 19.5. The van der Waals surface area contributed by atoms with Crippen LogP contribution in [-0.2, 0) is 22.7 Å². The van der Waals surface area contributed by atoms with Gasteiger partial charge in [-0.1, -0.05) is 30.3 Å². The Labute approximate surface area is 192 Å². The van der Waals surface area contributed by atoms with E-state index in [1.54, 1.807) is 23.3 Å². The Morgan fingerprint density at radius 2 is 2.00 bits per heavy atom. The van der Waals surface area contributed by atoms with Gasteiger partial charge in [-0.15, -0.1) is 11.3 Å². The molecule has 2 aromatic carbocycles. The summed E-state index contributed by atoms with van der Waals surface area (Å²) in [6.45, 7) is 2.23. The molecule has 1 aliphatic rings. The molecule has 0 radical (unpaired) electrons. The van der Waals surface area contributed by atoms with Gasteiger partial charge in [0.2, 0.25) is 11.8 Å². The van der Waals surface area contributed by atoms with E-state index in [9.17, 15) is 9.59 Å². The molecule has 0 unspecified atom stereocenters. The Balaban J connectivity index is 1.45. The van der Waals surface area contributed by atoms with Gasteiger partial charge in [-0.25, -0.2) is 0 Å². The van der Waals surface area contributed by atoms with Crippen molar-refractivity contribution in [2.24, 2.45) is 0 Å². The smallest absolute Gasteiger partial charge is 0.238 e. The third-order valence-corrected chi connectivity index (χ3v) is 6.29. The van der Waals surface area contributed by atoms with Crippen LogP contribution in [0.4, 0.5) is 11.4 Å². The van der Waals surface area contributed by atoms with Gasteiger partial charge in [-0.2, -0.15) is 0 Å². The first-order valence-corrected chi connectivity index (χ1v) is 11.6. The molecule has 2 amide bonds. The van der Waals surface area contributed by atoms with Gasteiger partial charge in [0, 0.05) is 47.9 Å². The van der Waals surface area contributed by atoms with Gasteiger partial charge in [-0.05, 0) is 42.1 Å². The van der Waals surface area contributed by atoms with Crippen molar-refractivity contribution >= 4 is 34.5 Å². The lowest BCUT2D eigenvalue weighted by molar-refractivity contribution is -0.118. The van der Waals surface area contributed by atoms with E-state index in [-0.39, 0.29) is 18.4 Å². The average Bonchev–Trinajstić information content (AvgIpc) is 3.46. The number of hydrogen-bond donors (Lipinski definition) is 1. The molecule has 4 rings (SSSR count). The van der Waals surface area contributed by atoms with Crippen LogP contribution in [0.25, 0.3) is 0 Å². The number of nitrogens with zero attached hydrogens (tertiary/aromatic N) is 2. The van der Waals surface area contributed by atoms with E-state index >= 15 is 0 Å². The fraction of sp³-hybridized carbons (Fsp3) is 0.280. The van der Waals surface area contributed by atoms with Crippen molar-refractivity contribution < 1.29 is 14.3 Å². The third-order valence-electron chi connectivity index (χ3n) is 5.43. The highest BCUT2D eigenvalue weighted by Crippen LogP contribution is 2.25. The lowest BCUT2D eigenvalue weighted by Crippen LogP contribution is -2.32. The number of rotatable bonds is 9. The molecule has 7 heteroatoms. The van der Waals surface area contributed by atoms with E-state index in [0.717, 1.165) is 30.0 Å². The molecule has 0 atom stereocenters. The maximum Gasteiger partial charge on any atom is 0.238 e.